The van der Waals surface area contributed by atoms with E-state index in [-0.39, 0.29) is 0 Å². The largest absolute Gasteiger partial charge is 0.298 e. The summed E-state index contributed by atoms with van der Waals surface area (Å²) in [4.78, 5) is 10.7. The average molecular weight is 215 g/mol. The molecule has 0 aliphatic heterocycles. The van der Waals surface area contributed by atoms with Crippen LogP contribution in [0.3, 0.4) is 0 Å². The minimum absolute atomic E-state index is 0.539. The molecule has 0 amide bonds. The molecule has 2 aromatic heterocycles. The molecule has 4 heteroatoms. The number of aromatic nitrogens is 3. The molecule has 1 aliphatic carbocycles. The van der Waals surface area contributed by atoms with Crippen molar-refractivity contribution in [2.75, 3.05) is 0 Å². The van der Waals surface area contributed by atoms with E-state index in [1.807, 2.05) is 16.7 Å². The maximum atomic E-state index is 10.7. The number of pyridine rings is 1. The Labute approximate surface area is 93.3 Å². The summed E-state index contributed by atoms with van der Waals surface area (Å²) in [7, 11) is 0. The molecule has 0 radical (unpaired) electrons. The van der Waals surface area contributed by atoms with Gasteiger partial charge in [0.15, 0.2) is 5.65 Å². The van der Waals surface area contributed by atoms with E-state index in [2.05, 4.69) is 10.2 Å². The van der Waals surface area contributed by atoms with Crippen LogP contribution in [-0.4, -0.2) is 20.9 Å². The topological polar surface area (TPSA) is 47.3 Å². The van der Waals surface area contributed by atoms with E-state index < -0.39 is 0 Å². The minimum Gasteiger partial charge on any atom is -0.298 e. The van der Waals surface area contributed by atoms with Crippen LogP contribution in [0.1, 0.15) is 47.8 Å². The van der Waals surface area contributed by atoms with Gasteiger partial charge >= 0.3 is 0 Å². The van der Waals surface area contributed by atoms with Gasteiger partial charge in [0, 0.05) is 17.7 Å². The van der Waals surface area contributed by atoms with Crippen LogP contribution in [-0.2, 0) is 0 Å². The molecule has 16 heavy (non-hydrogen) atoms. The van der Waals surface area contributed by atoms with Crippen LogP contribution in [0.2, 0.25) is 0 Å². The number of rotatable bonds is 2. The van der Waals surface area contributed by atoms with Crippen LogP contribution in [0.25, 0.3) is 5.65 Å². The molecule has 1 saturated carbocycles. The first-order valence-corrected chi connectivity index (χ1v) is 5.68. The lowest BCUT2D eigenvalue weighted by Crippen LogP contribution is -2.00. The van der Waals surface area contributed by atoms with Crippen LogP contribution >= 0.6 is 0 Å². The second-order valence-corrected chi connectivity index (χ2v) is 4.35. The number of carbonyl (C=O) groups is 1. The first-order valence-electron chi connectivity index (χ1n) is 5.68. The number of hydrogen-bond acceptors (Lipinski definition) is 3. The highest BCUT2D eigenvalue weighted by atomic mass is 16.1. The van der Waals surface area contributed by atoms with Gasteiger partial charge in [-0.1, -0.05) is 12.8 Å². The fourth-order valence-electron chi connectivity index (χ4n) is 2.46. The molecular weight excluding hydrogens is 202 g/mol. The molecule has 0 saturated heterocycles. The molecule has 3 rings (SSSR count). The number of aldehydes is 1. The van der Waals surface area contributed by atoms with Crippen molar-refractivity contribution in [1.82, 2.24) is 14.6 Å². The van der Waals surface area contributed by atoms with E-state index in [1.165, 1.54) is 25.7 Å². The molecule has 2 heterocycles. The van der Waals surface area contributed by atoms with Gasteiger partial charge in [-0.2, -0.15) is 0 Å². The van der Waals surface area contributed by atoms with Gasteiger partial charge in [0.2, 0.25) is 0 Å². The zero-order chi connectivity index (χ0) is 11.0. The lowest BCUT2D eigenvalue weighted by Gasteiger charge is -2.06. The molecule has 0 spiro atoms. The first-order chi connectivity index (χ1) is 7.88. The minimum atomic E-state index is 0.539. The molecule has 2 aromatic rings. The Morgan fingerprint density at radius 3 is 2.88 bits per heavy atom. The van der Waals surface area contributed by atoms with E-state index in [0.29, 0.717) is 11.5 Å². The number of fused-ring (bicyclic) bond motifs is 1. The predicted molar refractivity (Wildman–Crippen MR) is 59.6 cm³/mol. The summed E-state index contributed by atoms with van der Waals surface area (Å²) in [5, 5.41) is 8.38. The third kappa shape index (κ3) is 1.41. The molecule has 1 fully saturated rings. The molecule has 0 N–H and O–H groups in total. The molecule has 1 aliphatic rings. The van der Waals surface area contributed by atoms with E-state index in [9.17, 15) is 4.79 Å². The maximum Gasteiger partial charge on any atom is 0.161 e. The first kappa shape index (κ1) is 9.51. The summed E-state index contributed by atoms with van der Waals surface area (Å²) in [6.45, 7) is 0. The summed E-state index contributed by atoms with van der Waals surface area (Å²) >= 11 is 0. The van der Waals surface area contributed by atoms with Crippen LogP contribution < -0.4 is 0 Å². The fraction of sp³-hybridized carbons (Fsp3) is 0.417. The Bertz CT molecular complexity index is 526. The zero-order valence-electron chi connectivity index (χ0n) is 8.97. The molecule has 0 unspecified atom stereocenters. The Balaban J connectivity index is 2.09. The fourth-order valence-corrected chi connectivity index (χ4v) is 2.46. The molecule has 0 atom stereocenters. The number of hydrogen-bond donors (Lipinski definition) is 0. The van der Waals surface area contributed by atoms with Crippen molar-refractivity contribution in [2.45, 2.75) is 31.6 Å². The quantitative estimate of drug-likeness (QED) is 0.721. The van der Waals surface area contributed by atoms with Crippen molar-refractivity contribution < 1.29 is 4.79 Å². The van der Waals surface area contributed by atoms with E-state index >= 15 is 0 Å². The summed E-state index contributed by atoms with van der Waals surface area (Å²) in [6, 6.07) is 3.58. The van der Waals surface area contributed by atoms with Gasteiger partial charge in [0.1, 0.15) is 12.1 Å². The number of nitrogens with zero attached hydrogens (tertiary/aromatic N) is 3. The van der Waals surface area contributed by atoms with Gasteiger partial charge in [0.05, 0.1) is 0 Å². The molecule has 0 bridgehead atoms. The molecule has 82 valence electrons. The van der Waals surface area contributed by atoms with Gasteiger partial charge in [-0.15, -0.1) is 10.2 Å². The molecule has 4 nitrogen and oxygen atoms in total. The van der Waals surface area contributed by atoms with Gasteiger partial charge in [0.25, 0.3) is 0 Å². The van der Waals surface area contributed by atoms with Gasteiger partial charge in [-0.3, -0.25) is 9.20 Å². The van der Waals surface area contributed by atoms with Gasteiger partial charge < -0.3 is 0 Å². The molecule has 0 aromatic carbocycles. The van der Waals surface area contributed by atoms with Crippen LogP contribution in [0, 0.1) is 0 Å². The molecular formula is C12H13N3O. The lowest BCUT2D eigenvalue weighted by molar-refractivity contribution is 0.112. The van der Waals surface area contributed by atoms with E-state index in [0.717, 1.165) is 17.8 Å². The highest BCUT2D eigenvalue weighted by molar-refractivity contribution is 5.76. The van der Waals surface area contributed by atoms with Crippen molar-refractivity contribution >= 4 is 11.9 Å². The standard InChI is InChI=1S/C12H13N3O/c16-8-9-5-6-15-11(7-9)13-14-12(15)10-3-1-2-4-10/h5-8,10H,1-4H2. The lowest BCUT2D eigenvalue weighted by atomic mass is 10.1. The zero-order valence-corrected chi connectivity index (χ0v) is 8.97. The Kier molecular flexibility index (Phi) is 2.20. The smallest absolute Gasteiger partial charge is 0.161 e. The van der Waals surface area contributed by atoms with Crippen molar-refractivity contribution in [3.8, 4) is 0 Å². The monoisotopic (exact) mass is 215 g/mol. The third-order valence-electron chi connectivity index (χ3n) is 3.32. The summed E-state index contributed by atoms with van der Waals surface area (Å²) in [5.41, 5.74) is 1.42. The van der Waals surface area contributed by atoms with Crippen molar-refractivity contribution in [1.29, 1.82) is 0 Å². The van der Waals surface area contributed by atoms with Crippen LogP contribution in [0.5, 0.6) is 0 Å². The van der Waals surface area contributed by atoms with Crippen LogP contribution in [0.15, 0.2) is 18.3 Å². The Morgan fingerprint density at radius 1 is 1.31 bits per heavy atom. The van der Waals surface area contributed by atoms with Crippen LogP contribution in [0.4, 0.5) is 0 Å². The highest BCUT2D eigenvalue weighted by Crippen LogP contribution is 2.32. The second kappa shape index (κ2) is 3.70. The highest BCUT2D eigenvalue weighted by Gasteiger charge is 2.21. The predicted octanol–water partition coefficient (Wildman–Crippen LogP) is 2.20. The summed E-state index contributed by atoms with van der Waals surface area (Å²) in [6.07, 6.45) is 7.71. The second-order valence-electron chi connectivity index (χ2n) is 4.35. The number of carbonyl (C=O) groups excluding carboxylic acids is 1. The third-order valence-corrected chi connectivity index (χ3v) is 3.32. The van der Waals surface area contributed by atoms with Gasteiger partial charge in [-0.05, 0) is 25.0 Å². The summed E-state index contributed by atoms with van der Waals surface area (Å²) < 4.78 is 2.00. The van der Waals surface area contributed by atoms with Crippen molar-refractivity contribution in [3.05, 3.63) is 29.7 Å². The Hall–Kier alpha value is -1.71. The van der Waals surface area contributed by atoms with E-state index in [1.54, 1.807) is 6.07 Å². The Morgan fingerprint density at radius 2 is 2.12 bits per heavy atom. The normalized spacial score (nSPS) is 17.0. The average Bonchev–Trinajstić information content (AvgIpc) is 2.96. The summed E-state index contributed by atoms with van der Waals surface area (Å²) in [5.74, 6) is 1.59. The van der Waals surface area contributed by atoms with E-state index in [4.69, 9.17) is 0 Å². The maximum absolute atomic E-state index is 10.7. The SMILES string of the molecule is O=Cc1ccn2c(C3CCCC3)nnc2c1. The van der Waals surface area contributed by atoms with Crippen molar-refractivity contribution in [2.24, 2.45) is 0 Å². The van der Waals surface area contributed by atoms with Crippen molar-refractivity contribution in [3.63, 3.8) is 0 Å². The van der Waals surface area contributed by atoms with Gasteiger partial charge in [-0.25, -0.2) is 0 Å².